The lowest BCUT2D eigenvalue weighted by atomic mass is 9.71. The first-order valence-corrected chi connectivity index (χ1v) is 8.10. The zero-order valence-electron chi connectivity index (χ0n) is 13.7. The van der Waals surface area contributed by atoms with Crippen molar-refractivity contribution in [3.8, 4) is 0 Å². The van der Waals surface area contributed by atoms with Gasteiger partial charge >= 0.3 is 0 Å². The van der Waals surface area contributed by atoms with Crippen LogP contribution in [-0.4, -0.2) is 11.7 Å². The van der Waals surface area contributed by atoms with Gasteiger partial charge in [0.2, 0.25) is 0 Å². The minimum absolute atomic E-state index is 0.0390. The van der Waals surface area contributed by atoms with Gasteiger partial charge in [0.05, 0.1) is 6.61 Å². The summed E-state index contributed by atoms with van der Waals surface area (Å²) in [5.41, 5.74) is 2.51. The fraction of sp³-hybridized carbons (Fsp3) is 0.500. The van der Waals surface area contributed by atoms with Crippen molar-refractivity contribution in [3.63, 3.8) is 0 Å². The number of benzene rings is 1. The molecule has 0 bridgehead atoms. The van der Waals surface area contributed by atoms with Crippen molar-refractivity contribution in [2.75, 3.05) is 6.61 Å². The number of ether oxygens (including phenoxy) is 1. The second-order valence-corrected chi connectivity index (χ2v) is 8.50. The Morgan fingerprint density at radius 1 is 1.29 bits per heavy atom. The topological polar surface area (TPSA) is 26.3 Å². The molecule has 1 aromatic rings. The fourth-order valence-corrected chi connectivity index (χ4v) is 3.82. The highest BCUT2D eigenvalue weighted by Gasteiger charge is 2.41. The van der Waals surface area contributed by atoms with Crippen molar-refractivity contribution >= 4 is 22.6 Å². The molecule has 2 nitrogen and oxygen atoms in total. The lowest BCUT2D eigenvalue weighted by Gasteiger charge is -2.30. The Morgan fingerprint density at radius 3 is 2.52 bits per heavy atom. The number of carbonyl (C=O) groups excluding carboxylic acids is 1. The number of thioether (sulfide) groups is 1. The van der Waals surface area contributed by atoms with E-state index in [4.69, 9.17) is 4.74 Å². The van der Waals surface area contributed by atoms with Gasteiger partial charge in [-0.15, -0.1) is 0 Å². The van der Waals surface area contributed by atoms with Crippen LogP contribution in [0.3, 0.4) is 0 Å². The molecule has 0 saturated carbocycles. The summed E-state index contributed by atoms with van der Waals surface area (Å²) in [6.45, 7) is 13.4. The van der Waals surface area contributed by atoms with Gasteiger partial charge in [0.25, 0.3) is 0 Å². The van der Waals surface area contributed by atoms with Crippen LogP contribution in [0.25, 0.3) is 5.76 Å². The van der Waals surface area contributed by atoms with E-state index < -0.39 is 0 Å². The Hall–Kier alpha value is -1.22. The van der Waals surface area contributed by atoms with Crippen LogP contribution in [0.1, 0.15) is 47.1 Å². The number of hydrogen-bond acceptors (Lipinski definition) is 3. The van der Waals surface area contributed by atoms with E-state index in [1.54, 1.807) is 6.92 Å². The van der Waals surface area contributed by atoms with Crippen molar-refractivity contribution in [1.82, 2.24) is 0 Å². The monoisotopic (exact) mass is 304 g/mol. The van der Waals surface area contributed by atoms with Crippen LogP contribution in [0, 0.1) is 10.8 Å². The van der Waals surface area contributed by atoms with Gasteiger partial charge in [0.1, 0.15) is 5.76 Å². The lowest BCUT2D eigenvalue weighted by Crippen LogP contribution is -2.24. The quantitative estimate of drug-likeness (QED) is 0.708. The summed E-state index contributed by atoms with van der Waals surface area (Å²) in [5.74, 6) is 0.985. The van der Waals surface area contributed by atoms with Crippen molar-refractivity contribution in [1.29, 1.82) is 0 Å². The van der Waals surface area contributed by atoms with E-state index >= 15 is 0 Å². The molecule has 21 heavy (non-hydrogen) atoms. The van der Waals surface area contributed by atoms with Crippen LogP contribution < -0.4 is 0 Å². The summed E-state index contributed by atoms with van der Waals surface area (Å²) >= 11 is 1.26. The Morgan fingerprint density at radius 2 is 1.95 bits per heavy atom. The van der Waals surface area contributed by atoms with Crippen LogP contribution in [-0.2, 0) is 9.53 Å². The van der Waals surface area contributed by atoms with Gasteiger partial charge in [-0.3, -0.25) is 4.79 Å². The van der Waals surface area contributed by atoms with Crippen molar-refractivity contribution in [2.45, 2.75) is 46.4 Å². The SMILES string of the molecule is CC(=O)Sc1cccc(C2=C(C(C)(C)C)C(C)(C)CO2)c1. The normalized spacial score (nSPS) is 17.8. The third-order valence-electron chi connectivity index (χ3n) is 3.59. The molecule has 0 atom stereocenters. The highest BCUT2D eigenvalue weighted by Crippen LogP contribution is 2.49. The predicted octanol–water partition coefficient (Wildman–Crippen LogP) is 5.14. The van der Waals surface area contributed by atoms with Crippen molar-refractivity contribution in [3.05, 3.63) is 35.4 Å². The molecule has 0 aromatic heterocycles. The Balaban J connectivity index is 2.51. The first-order valence-electron chi connectivity index (χ1n) is 7.28. The van der Waals surface area contributed by atoms with Crippen LogP contribution in [0.5, 0.6) is 0 Å². The molecule has 0 saturated heterocycles. The zero-order valence-corrected chi connectivity index (χ0v) is 14.6. The standard InChI is InChI=1S/C18H24O2S/c1-12(19)21-14-9-7-8-13(10-14)15-16(17(2,3)4)18(5,6)11-20-15/h7-10H,11H2,1-6H3. The Labute approximate surface area is 132 Å². The van der Waals surface area contributed by atoms with Gasteiger partial charge in [-0.05, 0) is 23.1 Å². The van der Waals surface area contributed by atoms with E-state index in [9.17, 15) is 4.79 Å². The summed E-state index contributed by atoms with van der Waals surface area (Å²) < 4.78 is 6.04. The van der Waals surface area contributed by atoms with E-state index in [2.05, 4.69) is 46.8 Å². The van der Waals surface area contributed by atoms with Crippen LogP contribution in [0.15, 0.2) is 34.7 Å². The summed E-state index contributed by atoms with van der Waals surface area (Å²) in [7, 11) is 0. The second kappa shape index (κ2) is 5.53. The lowest BCUT2D eigenvalue weighted by molar-refractivity contribution is -0.109. The highest BCUT2D eigenvalue weighted by molar-refractivity contribution is 8.13. The maximum atomic E-state index is 11.3. The molecular weight excluding hydrogens is 280 g/mol. The average molecular weight is 304 g/mol. The van der Waals surface area contributed by atoms with Crippen molar-refractivity contribution in [2.24, 2.45) is 10.8 Å². The second-order valence-electron chi connectivity index (χ2n) is 7.25. The predicted molar refractivity (Wildman–Crippen MR) is 89.1 cm³/mol. The Bertz CT molecular complexity index is 591. The first-order chi connectivity index (χ1) is 9.61. The molecule has 0 amide bonds. The molecule has 3 heteroatoms. The van der Waals surface area contributed by atoms with Crippen molar-refractivity contribution < 1.29 is 9.53 Å². The van der Waals surface area contributed by atoms with Gasteiger partial charge in [-0.25, -0.2) is 0 Å². The van der Waals surface area contributed by atoms with Gasteiger partial charge in [-0.1, -0.05) is 58.5 Å². The van der Waals surface area contributed by atoms with Crippen LogP contribution in [0.4, 0.5) is 0 Å². The van der Waals surface area contributed by atoms with E-state index in [0.29, 0.717) is 6.61 Å². The maximum absolute atomic E-state index is 11.3. The van der Waals surface area contributed by atoms with E-state index in [0.717, 1.165) is 16.2 Å². The Kier molecular flexibility index (Phi) is 4.25. The van der Waals surface area contributed by atoms with E-state index in [1.165, 1.54) is 17.3 Å². The minimum Gasteiger partial charge on any atom is -0.492 e. The number of hydrogen-bond donors (Lipinski definition) is 0. The molecule has 0 fully saturated rings. The third-order valence-corrected chi connectivity index (χ3v) is 4.37. The molecule has 0 unspecified atom stereocenters. The molecule has 1 heterocycles. The fourth-order valence-electron chi connectivity index (χ4n) is 3.15. The molecule has 1 aromatic carbocycles. The largest absolute Gasteiger partial charge is 0.492 e. The summed E-state index contributed by atoms with van der Waals surface area (Å²) in [4.78, 5) is 12.3. The maximum Gasteiger partial charge on any atom is 0.190 e. The molecule has 114 valence electrons. The van der Waals surface area contributed by atoms with E-state index in [1.807, 2.05) is 12.1 Å². The molecular formula is C18H24O2S. The van der Waals surface area contributed by atoms with Crippen LogP contribution >= 0.6 is 11.8 Å². The van der Waals surface area contributed by atoms with Gasteiger partial charge in [-0.2, -0.15) is 0 Å². The zero-order chi connectivity index (χ0) is 15.8. The number of rotatable bonds is 2. The summed E-state index contributed by atoms with van der Waals surface area (Å²) in [6, 6.07) is 8.07. The third kappa shape index (κ3) is 3.52. The first kappa shape index (κ1) is 16.2. The minimum atomic E-state index is 0.0390. The molecule has 1 aliphatic rings. The average Bonchev–Trinajstić information content (AvgIpc) is 2.64. The smallest absolute Gasteiger partial charge is 0.190 e. The molecule has 0 spiro atoms. The summed E-state index contributed by atoms with van der Waals surface area (Å²) in [5, 5.41) is 0.102. The van der Waals surface area contributed by atoms with Gasteiger partial charge in [0.15, 0.2) is 5.12 Å². The molecule has 0 aliphatic carbocycles. The van der Waals surface area contributed by atoms with Crippen LogP contribution in [0.2, 0.25) is 0 Å². The number of carbonyl (C=O) groups is 1. The molecule has 0 radical (unpaired) electrons. The summed E-state index contributed by atoms with van der Waals surface area (Å²) in [6.07, 6.45) is 0. The van der Waals surface area contributed by atoms with E-state index in [-0.39, 0.29) is 15.9 Å². The molecule has 0 N–H and O–H groups in total. The van der Waals surface area contributed by atoms with Gasteiger partial charge < -0.3 is 4.74 Å². The molecule has 1 aliphatic heterocycles. The van der Waals surface area contributed by atoms with Gasteiger partial charge in [0, 0.05) is 22.8 Å². The molecule has 2 rings (SSSR count). The highest BCUT2D eigenvalue weighted by atomic mass is 32.2.